The molecule has 0 unspecified atom stereocenters. The Morgan fingerprint density at radius 1 is 1.10 bits per heavy atom. The van der Waals surface area contributed by atoms with Crippen LogP contribution in [0.3, 0.4) is 0 Å². The van der Waals surface area contributed by atoms with E-state index in [1.807, 2.05) is 49.4 Å². The predicted molar refractivity (Wildman–Crippen MR) is 84.6 cm³/mol. The minimum Gasteiger partial charge on any atom is -0.384 e. The van der Waals surface area contributed by atoms with Crippen molar-refractivity contribution in [3.63, 3.8) is 0 Å². The maximum absolute atomic E-state index is 10.5. The minimum absolute atomic E-state index is 0.615. The van der Waals surface area contributed by atoms with Crippen molar-refractivity contribution in [1.29, 1.82) is 0 Å². The lowest BCUT2D eigenvalue weighted by atomic mass is 10.0. The molecule has 2 aromatic rings. The van der Waals surface area contributed by atoms with Crippen LogP contribution >= 0.6 is 0 Å². The number of hydrogen-bond donors (Lipinski definition) is 2. The molecule has 2 N–H and O–H groups in total. The van der Waals surface area contributed by atoms with Crippen LogP contribution in [0, 0.1) is 6.92 Å². The molecule has 1 saturated heterocycles. The van der Waals surface area contributed by atoms with Gasteiger partial charge in [-0.2, -0.15) is 0 Å². The van der Waals surface area contributed by atoms with Gasteiger partial charge in [-0.05, 0) is 18.6 Å². The van der Waals surface area contributed by atoms with Gasteiger partial charge in [0, 0.05) is 37.4 Å². The monoisotopic (exact) mass is 283 g/mol. The number of aryl methyl sites for hydroxylation is 1. The Balaban J connectivity index is 1.84. The van der Waals surface area contributed by atoms with E-state index in [4.69, 9.17) is 0 Å². The van der Waals surface area contributed by atoms with E-state index in [-0.39, 0.29) is 0 Å². The highest BCUT2D eigenvalue weighted by molar-refractivity contribution is 5.44. The lowest BCUT2D eigenvalue weighted by molar-refractivity contribution is 0.219. The van der Waals surface area contributed by atoms with Crippen LogP contribution in [-0.2, 0) is 0 Å². The third kappa shape index (κ3) is 3.06. The largest absolute Gasteiger partial charge is 0.384 e. The summed E-state index contributed by atoms with van der Waals surface area (Å²) >= 11 is 0. The van der Waals surface area contributed by atoms with Crippen molar-refractivity contribution in [2.45, 2.75) is 13.0 Å². The Hall–Kier alpha value is -1.91. The predicted octanol–water partition coefficient (Wildman–Crippen LogP) is 1.88. The number of piperazine rings is 1. The molecular weight excluding hydrogens is 262 g/mol. The van der Waals surface area contributed by atoms with Crippen molar-refractivity contribution in [1.82, 2.24) is 10.3 Å². The molecule has 1 aliphatic heterocycles. The first-order valence-corrected chi connectivity index (χ1v) is 7.42. The second-order valence-corrected chi connectivity index (χ2v) is 5.39. The number of nitrogens with one attached hydrogen (secondary N) is 1. The number of pyridine rings is 1. The Morgan fingerprint density at radius 3 is 2.48 bits per heavy atom. The molecule has 0 radical (unpaired) electrons. The number of rotatable bonds is 3. The van der Waals surface area contributed by atoms with Gasteiger partial charge in [0.1, 0.15) is 11.9 Å². The number of hydrogen-bond acceptors (Lipinski definition) is 4. The first-order valence-electron chi connectivity index (χ1n) is 7.42. The SMILES string of the molecule is Cc1nc(N2CCNCC2)ccc1[C@H](O)c1ccccc1. The van der Waals surface area contributed by atoms with Gasteiger partial charge in [-0.15, -0.1) is 0 Å². The van der Waals surface area contributed by atoms with Crippen LogP contribution in [0.2, 0.25) is 0 Å². The maximum atomic E-state index is 10.5. The van der Waals surface area contributed by atoms with Crippen molar-refractivity contribution in [3.8, 4) is 0 Å². The number of benzene rings is 1. The molecule has 4 nitrogen and oxygen atoms in total. The molecule has 0 amide bonds. The quantitative estimate of drug-likeness (QED) is 0.903. The molecule has 2 heterocycles. The third-order valence-corrected chi connectivity index (χ3v) is 3.96. The first kappa shape index (κ1) is 14.0. The van der Waals surface area contributed by atoms with Gasteiger partial charge in [-0.25, -0.2) is 4.98 Å². The summed E-state index contributed by atoms with van der Waals surface area (Å²) in [4.78, 5) is 6.96. The van der Waals surface area contributed by atoms with E-state index in [1.54, 1.807) is 0 Å². The van der Waals surface area contributed by atoms with Gasteiger partial charge in [-0.3, -0.25) is 0 Å². The highest BCUT2D eigenvalue weighted by atomic mass is 16.3. The van der Waals surface area contributed by atoms with Gasteiger partial charge in [0.15, 0.2) is 0 Å². The zero-order valence-corrected chi connectivity index (χ0v) is 12.3. The van der Waals surface area contributed by atoms with E-state index in [2.05, 4.69) is 15.2 Å². The number of anilines is 1. The lowest BCUT2D eigenvalue weighted by Gasteiger charge is -2.29. The molecule has 1 atom stereocenters. The lowest BCUT2D eigenvalue weighted by Crippen LogP contribution is -2.43. The summed E-state index contributed by atoms with van der Waals surface area (Å²) in [6.45, 7) is 5.91. The summed E-state index contributed by atoms with van der Waals surface area (Å²) in [6, 6.07) is 13.7. The normalized spacial score (nSPS) is 16.8. The summed E-state index contributed by atoms with van der Waals surface area (Å²) in [7, 11) is 0. The fraction of sp³-hybridized carbons (Fsp3) is 0.353. The summed E-state index contributed by atoms with van der Waals surface area (Å²) in [5.74, 6) is 0.998. The molecule has 0 spiro atoms. The fourth-order valence-electron chi connectivity index (χ4n) is 2.73. The molecule has 1 aromatic carbocycles. The molecule has 1 fully saturated rings. The van der Waals surface area contributed by atoms with Gasteiger partial charge < -0.3 is 15.3 Å². The first-order chi connectivity index (χ1) is 10.3. The number of nitrogens with zero attached hydrogens (tertiary/aromatic N) is 2. The van der Waals surface area contributed by atoms with Crippen molar-refractivity contribution >= 4 is 5.82 Å². The van der Waals surface area contributed by atoms with Crippen LogP contribution in [-0.4, -0.2) is 36.3 Å². The van der Waals surface area contributed by atoms with E-state index in [9.17, 15) is 5.11 Å². The number of aliphatic hydroxyl groups excluding tert-OH is 1. The van der Waals surface area contributed by atoms with Crippen molar-refractivity contribution in [3.05, 3.63) is 59.3 Å². The molecule has 110 valence electrons. The minimum atomic E-state index is -0.615. The number of aliphatic hydroxyl groups is 1. The molecule has 1 aromatic heterocycles. The molecule has 4 heteroatoms. The maximum Gasteiger partial charge on any atom is 0.128 e. The van der Waals surface area contributed by atoms with Gasteiger partial charge >= 0.3 is 0 Å². The molecule has 0 bridgehead atoms. The van der Waals surface area contributed by atoms with Crippen LogP contribution in [0.1, 0.15) is 22.9 Å². The molecule has 1 aliphatic rings. The summed E-state index contributed by atoms with van der Waals surface area (Å²) in [5, 5.41) is 13.9. The van der Waals surface area contributed by atoms with Crippen LogP contribution in [0.4, 0.5) is 5.82 Å². The van der Waals surface area contributed by atoms with E-state index in [1.165, 1.54) is 0 Å². The zero-order chi connectivity index (χ0) is 14.7. The zero-order valence-electron chi connectivity index (χ0n) is 12.3. The van der Waals surface area contributed by atoms with E-state index >= 15 is 0 Å². The van der Waals surface area contributed by atoms with Gasteiger partial charge in [-0.1, -0.05) is 36.4 Å². The molecule has 21 heavy (non-hydrogen) atoms. The topological polar surface area (TPSA) is 48.4 Å². The Bertz CT molecular complexity index is 594. The van der Waals surface area contributed by atoms with E-state index < -0.39 is 6.10 Å². The van der Waals surface area contributed by atoms with Crippen LogP contribution in [0.5, 0.6) is 0 Å². The van der Waals surface area contributed by atoms with Gasteiger partial charge in [0.05, 0.1) is 0 Å². The summed E-state index contributed by atoms with van der Waals surface area (Å²) < 4.78 is 0. The number of aromatic nitrogens is 1. The highest BCUT2D eigenvalue weighted by Gasteiger charge is 2.16. The third-order valence-electron chi connectivity index (χ3n) is 3.96. The highest BCUT2D eigenvalue weighted by Crippen LogP contribution is 2.25. The average molecular weight is 283 g/mol. The van der Waals surface area contributed by atoms with E-state index in [0.29, 0.717) is 0 Å². The summed E-state index contributed by atoms with van der Waals surface area (Å²) in [6.07, 6.45) is -0.615. The van der Waals surface area contributed by atoms with Crippen molar-refractivity contribution < 1.29 is 5.11 Å². The molecule has 0 aliphatic carbocycles. The molecule has 0 saturated carbocycles. The Kier molecular flexibility index (Phi) is 4.18. The Morgan fingerprint density at radius 2 is 1.81 bits per heavy atom. The smallest absolute Gasteiger partial charge is 0.128 e. The van der Waals surface area contributed by atoms with Crippen molar-refractivity contribution in [2.75, 3.05) is 31.1 Å². The van der Waals surface area contributed by atoms with Crippen LogP contribution < -0.4 is 10.2 Å². The molecule has 3 rings (SSSR count). The fourth-order valence-corrected chi connectivity index (χ4v) is 2.73. The van der Waals surface area contributed by atoms with Gasteiger partial charge in [0.25, 0.3) is 0 Å². The van der Waals surface area contributed by atoms with Crippen molar-refractivity contribution in [2.24, 2.45) is 0 Å². The van der Waals surface area contributed by atoms with E-state index in [0.717, 1.165) is 48.8 Å². The van der Waals surface area contributed by atoms with Gasteiger partial charge in [0.2, 0.25) is 0 Å². The summed E-state index contributed by atoms with van der Waals surface area (Å²) in [5.41, 5.74) is 2.67. The van der Waals surface area contributed by atoms with Crippen LogP contribution in [0.15, 0.2) is 42.5 Å². The average Bonchev–Trinajstić information content (AvgIpc) is 2.56. The second kappa shape index (κ2) is 6.24. The molecular formula is C17H21N3O. The second-order valence-electron chi connectivity index (χ2n) is 5.39. The Labute approximate surface area is 125 Å². The van der Waals surface area contributed by atoms with Crippen LogP contribution in [0.25, 0.3) is 0 Å². The standard InChI is InChI=1S/C17H21N3O/c1-13-15(17(21)14-5-3-2-4-6-14)7-8-16(19-13)20-11-9-18-10-12-20/h2-8,17-18,21H,9-12H2,1H3/t17-/m1/s1.